The fourth-order valence-electron chi connectivity index (χ4n) is 3.17. The summed E-state index contributed by atoms with van der Waals surface area (Å²) >= 11 is 0. The summed E-state index contributed by atoms with van der Waals surface area (Å²) in [5.41, 5.74) is 0.998. The predicted octanol–water partition coefficient (Wildman–Crippen LogP) is -1.80. The average Bonchev–Trinajstić information content (AvgIpc) is 3.02. The Bertz CT molecular complexity index is 775. The lowest BCUT2D eigenvalue weighted by atomic mass is 10.2. The van der Waals surface area contributed by atoms with Gasteiger partial charge in [-0.1, -0.05) is 0 Å². The lowest BCUT2D eigenvalue weighted by molar-refractivity contribution is -0.906. The van der Waals surface area contributed by atoms with Gasteiger partial charge in [0.15, 0.2) is 0 Å². The Hall–Kier alpha value is -2.17. The molecule has 148 valence electrons. The molecule has 27 heavy (non-hydrogen) atoms. The van der Waals surface area contributed by atoms with Gasteiger partial charge >= 0.3 is 11.8 Å². The summed E-state index contributed by atoms with van der Waals surface area (Å²) in [5.74, 6) is -1.28. The quantitative estimate of drug-likeness (QED) is 0.508. The van der Waals surface area contributed by atoms with Crippen LogP contribution in [0.5, 0.6) is 0 Å². The van der Waals surface area contributed by atoms with Crippen LogP contribution in [0.2, 0.25) is 0 Å². The number of ether oxygens (including phenoxy) is 1. The zero-order valence-corrected chi connectivity index (χ0v) is 15.9. The van der Waals surface area contributed by atoms with Crippen molar-refractivity contribution in [2.24, 2.45) is 0 Å². The van der Waals surface area contributed by atoms with E-state index in [2.05, 4.69) is 10.6 Å². The van der Waals surface area contributed by atoms with Gasteiger partial charge < -0.3 is 20.3 Å². The Morgan fingerprint density at radius 1 is 1.11 bits per heavy atom. The second-order valence-electron chi connectivity index (χ2n) is 6.61. The highest BCUT2D eigenvalue weighted by Gasteiger charge is 2.28. The van der Waals surface area contributed by atoms with E-state index in [4.69, 9.17) is 4.74 Å². The number of quaternary nitrogens is 1. The topological polar surface area (TPSA) is 109 Å². The van der Waals surface area contributed by atoms with Crippen molar-refractivity contribution in [1.29, 1.82) is 0 Å². The van der Waals surface area contributed by atoms with Crippen LogP contribution < -0.4 is 19.8 Å². The molecule has 0 radical (unpaired) electrons. The Morgan fingerprint density at radius 2 is 1.81 bits per heavy atom. The van der Waals surface area contributed by atoms with Gasteiger partial charge in [-0.15, -0.1) is 0 Å². The summed E-state index contributed by atoms with van der Waals surface area (Å²) in [7, 11) is -3.24. The van der Waals surface area contributed by atoms with Crippen LogP contribution in [0.3, 0.4) is 0 Å². The zero-order chi connectivity index (χ0) is 19.3. The van der Waals surface area contributed by atoms with Crippen molar-refractivity contribution in [3.63, 3.8) is 0 Å². The number of rotatable bonds is 5. The molecule has 0 unspecified atom stereocenters. The second-order valence-corrected chi connectivity index (χ2v) is 8.62. The minimum absolute atomic E-state index is 0.151. The van der Waals surface area contributed by atoms with Crippen molar-refractivity contribution in [2.45, 2.75) is 6.42 Å². The predicted molar refractivity (Wildman–Crippen MR) is 100 cm³/mol. The van der Waals surface area contributed by atoms with Crippen LogP contribution in [0.15, 0.2) is 24.3 Å². The van der Waals surface area contributed by atoms with E-state index in [0.29, 0.717) is 30.9 Å². The van der Waals surface area contributed by atoms with Crippen LogP contribution in [0, 0.1) is 0 Å². The third-order valence-electron chi connectivity index (χ3n) is 4.68. The maximum atomic E-state index is 12.0. The lowest BCUT2D eigenvalue weighted by Crippen LogP contribution is -3.14. The van der Waals surface area contributed by atoms with E-state index >= 15 is 0 Å². The van der Waals surface area contributed by atoms with Gasteiger partial charge in [0.05, 0.1) is 37.7 Å². The summed E-state index contributed by atoms with van der Waals surface area (Å²) in [6.45, 7) is 4.88. The van der Waals surface area contributed by atoms with Gasteiger partial charge in [-0.2, -0.15) is 0 Å². The normalized spacial score (nSPS) is 19.6. The van der Waals surface area contributed by atoms with Crippen LogP contribution in [-0.2, 0) is 24.3 Å². The number of carbonyl (C=O) groups excluding carboxylic acids is 2. The Kier molecular flexibility index (Phi) is 6.30. The van der Waals surface area contributed by atoms with Crippen LogP contribution in [0.4, 0.5) is 11.4 Å². The summed E-state index contributed by atoms with van der Waals surface area (Å²) in [6.07, 6.45) is 0.604. The molecule has 0 atom stereocenters. The molecule has 2 fully saturated rings. The SMILES string of the molecule is O=C(NCC[NH+]1CCOCC1)C(=O)Nc1ccc(N2CCCS2(=O)=O)cc1. The van der Waals surface area contributed by atoms with Crippen LogP contribution >= 0.6 is 0 Å². The first-order valence-electron chi connectivity index (χ1n) is 9.07. The Morgan fingerprint density at radius 3 is 2.44 bits per heavy atom. The van der Waals surface area contributed by atoms with E-state index in [1.165, 1.54) is 9.21 Å². The molecular formula is C17H25N4O5S+. The molecule has 10 heteroatoms. The summed E-state index contributed by atoms with van der Waals surface area (Å²) in [4.78, 5) is 25.2. The molecule has 1 aromatic rings. The number of morpholine rings is 1. The highest BCUT2D eigenvalue weighted by atomic mass is 32.2. The third kappa shape index (κ3) is 5.18. The molecule has 0 bridgehead atoms. The van der Waals surface area contributed by atoms with E-state index in [0.717, 1.165) is 32.8 Å². The number of nitrogens with one attached hydrogen (secondary N) is 3. The maximum Gasteiger partial charge on any atom is 0.313 e. The van der Waals surface area contributed by atoms with Crippen molar-refractivity contribution in [3.05, 3.63) is 24.3 Å². The molecule has 2 aliphatic heterocycles. The fraction of sp³-hybridized carbons (Fsp3) is 0.529. The first kappa shape index (κ1) is 19.6. The monoisotopic (exact) mass is 397 g/mol. The van der Waals surface area contributed by atoms with Gasteiger partial charge in [-0.3, -0.25) is 13.9 Å². The third-order valence-corrected chi connectivity index (χ3v) is 6.55. The molecule has 1 aromatic carbocycles. The molecule has 2 heterocycles. The van der Waals surface area contributed by atoms with Gasteiger partial charge in [0.1, 0.15) is 13.1 Å². The molecular weight excluding hydrogens is 372 g/mol. The molecule has 2 saturated heterocycles. The number of nitrogens with zero attached hydrogens (tertiary/aromatic N) is 1. The molecule has 9 nitrogen and oxygen atoms in total. The van der Waals surface area contributed by atoms with Gasteiger partial charge in [0.2, 0.25) is 10.0 Å². The molecule has 3 N–H and O–H groups in total. The molecule has 2 amide bonds. The molecule has 0 spiro atoms. The Balaban J connectivity index is 1.46. The van der Waals surface area contributed by atoms with Crippen molar-refractivity contribution in [1.82, 2.24) is 5.32 Å². The van der Waals surface area contributed by atoms with Crippen LogP contribution in [-0.4, -0.2) is 71.9 Å². The van der Waals surface area contributed by atoms with Crippen molar-refractivity contribution >= 4 is 33.2 Å². The number of carbonyl (C=O) groups is 2. The van der Waals surface area contributed by atoms with Gasteiger partial charge in [0, 0.05) is 12.2 Å². The van der Waals surface area contributed by atoms with Gasteiger partial charge in [0.25, 0.3) is 0 Å². The van der Waals surface area contributed by atoms with E-state index in [9.17, 15) is 18.0 Å². The largest absolute Gasteiger partial charge is 0.370 e. The highest BCUT2D eigenvalue weighted by Crippen LogP contribution is 2.25. The summed E-state index contributed by atoms with van der Waals surface area (Å²) < 4.78 is 30.5. The van der Waals surface area contributed by atoms with Gasteiger partial charge in [-0.05, 0) is 30.7 Å². The number of hydrogen-bond acceptors (Lipinski definition) is 5. The zero-order valence-electron chi connectivity index (χ0n) is 15.1. The number of amides is 2. The summed E-state index contributed by atoms with van der Waals surface area (Å²) in [5, 5.41) is 5.14. The number of benzene rings is 1. The first-order valence-corrected chi connectivity index (χ1v) is 10.7. The molecule has 0 saturated carbocycles. The molecule has 3 rings (SSSR count). The molecule has 0 aromatic heterocycles. The smallest absolute Gasteiger partial charge is 0.313 e. The Labute approximate surface area is 158 Å². The summed E-state index contributed by atoms with van der Waals surface area (Å²) in [6, 6.07) is 6.43. The number of hydrogen-bond donors (Lipinski definition) is 3. The van der Waals surface area contributed by atoms with Crippen molar-refractivity contribution in [2.75, 3.05) is 61.3 Å². The number of anilines is 2. The van der Waals surface area contributed by atoms with Crippen molar-refractivity contribution < 1.29 is 27.6 Å². The van der Waals surface area contributed by atoms with Gasteiger partial charge in [-0.25, -0.2) is 8.42 Å². The first-order chi connectivity index (χ1) is 13.0. The maximum absolute atomic E-state index is 12.0. The second kappa shape index (κ2) is 8.68. The highest BCUT2D eigenvalue weighted by molar-refractivity contribution is 7.93. The van der Waals surface area contributed by atoms with E-state index in [1.807, 2.05) is 0 Å². The van der Waals surface area contributed by atoms with Crippen LogP contribution in [0.25, 0.3) is 0 Å². The fourth-order valence-corrected chi connectivity index (χ4v) is 4.74. The molecule has 0 aliphatic carbocycles. The van der Waals surface area contributed by atoms with E-state index in [-0.39, 0.29) is 5.75 Å². The standard InChI is InChI=1S/C17H24N4O5S/c22-16(18-6-8-20-9-11-26-12-10-20)17(23)19-14-2-4-15(5-3-14)21-7-1-13-27(21,24)25/h2-5H,1,6-13H2,(H,18,22)(H,19,23)/p+1. The van der Waals surface area contributed by atoms with Crippen LogP contribution in [0.1, 0.15) is 6.42 Å². The van der Waals surface area contributed by atoms with E-state index < -0.39 is 21.8 Å². The minimum atomic E-state index is -3.24. The minimum Gasteiger partial charge on any atom is -0.370 e. The van der Waals surface area contributed by atoms with E-state index in [1.54, 1.807) is 24.3 Å². The average molecular weight is 397 g/mol. The molecule has 2 aliphatic rings. The number of sulfonamides is 1. The lowest BCUT2D eigenvalue weighted by Gasteiger charge is -2.23. The van der Waals surface area contributed by atoms with Crippen molar-refractivity contribution in [3.8, 4) is 0 Å².